The predicted octanol–water partition coefficient (Wildman–Crippen LogP) is 2.95. The van der Waals surface area contributed by atoms with Gasteiger partial charge in [0.2, 0.25) is 5.91 Å². The minimum atomic E-state index is -1.92. The SMILES string of the molecule is CCCC[Si](C)(C)N1C(=O)[C@H](CC(C)C)[C@H]1C(=O)O. The summed E-state index contributed by atoms with van der Waals surface area (Å²) in [6.45, 7) is 10.4. The molecule has 2 atom stereocenters. The monoisotopic (exact) mass is 285 g/mol. The first-order valence-electron chi connectivity index (χ1n) is 7.28. The zero-order valence-electron chi connectivity index (χ0n) is 12.8. The minimum absolute atomic E-state index is 0.0777. The van der Waals surface area contributed by atoms with Gasteiger partial charge in [-0.15, -0.1) is 0 Å². The summed E-state index contributed by atoms with van der Waals surface area (Å²) in [6.07, 6.45) is 2.85. The molecule has 1 aliphatic heterocycles. The summed E-state index contributed by atoms with van der Waals surface area (Å²) >= 11 is 0. The number of aliphatic carboxylic acids is 1. The third kappa shape index (κ3) is 3.38. The van der Waals surface area contributed by atoms with E-state index in [1.807, 2.05) is 13.8 Å². The quantitative estimate of drug-likeness (QED) is 0.578. The number of unbranched alkanes of at least 4 members (excludes halogenated alkanes) is 1. The second-order valence-corrected chi connectivity index (χ2v) is 11.3. The first kappa shape index (κ1) is 16.2. The van der Waals surface area contributed by atoms with Gasteiger partial charge in [0.05, 0.1) is 5.92 Å². The molecule has 4 nitrogen and oxygen atoms in total. The molecule has 0 aromatic carbocycles. The van der Waals surface area contributed by atoms with E-state index in [4.69, 9.17) is 0 Å². The molecule has 0 aromatic heterocycles. The van der Waals surface area contributed by atoms with Gasteiger partial charge in [0, 0.05) is 0 Å². The maximum absolute atomic E-state index is 12.3. The lowest BCUT2D eigenvalue weighted by Crippen LogP contribution is -2.72. The Kier molecular flexibility index (Phi) is 5.18. The molecule has 0 unspecified atom stereocenters. The molecule has 1 amide bonds. The molecule has 110 valence electrons. The van der Waals surface area contributed by atoms with E-state index in [2.05, 4.69) is 20.0 Å². The van der Waals surface area contributed by atoms with Crippen molar-refractivity contribution in [3.8, 4) is 0 Å². The van der Waals surface area contributed by atoms with Gasteiger partial charge in [-0.05, 0) is 18.4 Å². The van der Waals surface area contributed by atoms with E-state index < -0.39 is 20.2 Å². The van der Waals surface area contributed by atoms with Crippen LogP contribution in [-0.2, 0) is 9.59 Å². The second-order valence-electron chi connectivity index (χ2n) is 6.64. The Morgan fingerprint density at radius 1 is 1.42 bits per heavy atom. The third-order valence-corrected chi connectivity index (χ3v) is 7.37. The lowest BCUT2D eigenvalue weighted by atomic mass is 9.83. The molecule has 1 N–H and O–H groups in total. The van der Waals surface area contributed by atoms with E-state index in [1.54, 1.807) is 4.57 Å². The normalized spacial score (nSPS) is 23.7. The van der Waals surface area contributed by atoms with Crippen LogP contribution >= 0.6 is 0 Å². The maximum Gasteiger partial charge on any atom is 0.326 e. The number of nitrogens with zero attached hydrogens (tertiary/aromatic N) is 1. The summed E-state index contributed by atoms with van der Waals surface area (Å²) in [6, 6.07) is 0.418. The van der Waals surface area contributed by atoms with Gasteiger partial charge >= 0.3 is 5.97 Å². The van der Waals surface area contributed by atoms with Crippen molar-refractivity contribution in [3.63, 3.8) is 0 Å². The third-order valence-electron chi connectivity index (χ3n) is 3.99. The Morgan fingerprint density at radius 2 is 2.00 bits per heavy atom. The van der Waals surface area contributed by atoms with Crippen LogP contribution in [0.3, 0.4) is 0 Å². The van der Waals surface area contributed by atoms with Crippen molar-refractivity contribution in [2.24, 2.45) is 11.8 Å². The summed E-state index contributed by atoms with van der Waals surface area (Å²) in [7, 11) is -1.92. The summed E-state index contributed by atoms with van der Waals surface area (Å²) in [5.74, 6) is -0.694. The summed E-state index contributed by atoms with van der Waals surface area (Å²) in [5, 5.41) is 9.42. The lowest BCUT2D eigenvalue weighted by molar-refractivity contribution is -0.164. The minimum Gasteiger partial charge on any atom is -0.480 e. The van der Waals surface area contributed by atoms with Crippen LogP contribution in [0.25, 0.3) is 0 Å². The van der Waals surface area contributed by atoms with Crippen LogP contribution in [0.15, 0.2) is 0 Å². The van der Waals surface area contributed by atoms with Gasteiger partial charge in [-0.3, -0.25) is 4.79 Å². The molecule has 1 aliphatic rings. The Balaban J connectivity index is 2.84. The lowest BCUT2D eigenvalue weighted by Gasteiger charge is -2.53. The maximum atomic E-state index is 12.3. The fraction of sp³-hybridized carbons (Fsp3) is 0.857. The van der Waals surface area contributed by atoms with Crippen LogP contribution in [0.2, 0.25) is 19.1 Å². The molecule has 0 radical (unpaired) electrons. The Morgan fingerprint density at radius 3 is 2.42 bits per heavy atom. The average molecular weight is 285 g/mol. The highest BCUT2D eigenvalue weighted by Crippen LogP contribution is 2.38. The molecule has 1 saturated heterocycles. The Labute approximate surface area is 117 Å². The number of hydrogen-bond donors (Lipinski definition) is 1. The number of carbonyl (C=O) groups is 2. The number of carbonyl (C=O) groups excluding carboxylic acids is 1. The highest BCUT2D eigenvalue weighted by Gasteiger charge is 2.56. The summed E-state index contributed by atoms with van der Waals surface area (Å²) in [4.78, 5) is 23.8. The van der Waals surface area contributed by atoms with E-state index in [0.717, 1.165) is 18.9 Å². The standard InChI is InChI=1S/C14H27NO3Si/c1-6-7-8-19(4,5)15-12(14(17)18)11(13(15)16)9-10(2)3/h10-12H,6-9H2,1-5H3,(H,17,18)/t11-,12+/m1/s1. The predicted molar refractivity (Wildman–Crippen MR) is 78.4 cm³/mol. The van der Waals surface area contributed by atoms with Crippen molar-refractivity contribution in [2.45, 2.75) is 65.2 Å². The van der Waals surface area contributed by atoms with E-state index in [9.17, 15) is 14.7 Å². The number of carboxylic acids is 1. The van der Waals surface area contributed by atoms with Gasteiger partial charge in [-0.2, -0.15) is 0 Å². The number of carboxylic acid groups (broad SMARTS) is 1. The van der Waals surface area contributed by atoms with Crippen molar-refractivity contribution in [2.75, 3.05) is 0 Å². The van der Waals surface area contributed by atoms with Crippen LogP contribution in [0.4, 0.5) is 0 Å². The van der Waals surface area contributed by atoms with E-state index in [-0.39, 0.29) is 11.8 Å². The van der Waals surface area contributed by atoms with Gasteiger partial charge in [-0.25, -0.2) is 4.79 Å². The average Bonchev–Trinajstić information content (AvgIpc) is 2.28. The summed E-state index contributed by atoms with van der Waals surface area (Å²) in [5.41, 5.74) is 0. The van der Waals surface area contributed by atoms with Gasteiger partial charge < -0.3 is 9.67 Å². The zero-order chi connectivity index (χ0) is 14.8. The van der Waals surface area contributed by atoms with Crippen LogP contribution in [-0.4, -0.2) is 35.8 Å². The van der Waals surface area contributed by atoms with Crippen LogP contribution in [0.1, 0.15) is 40.0 Å². The fourth-order valence-electron chi connectivity index (χ4n) is 2.97. The first-order chi connectivity index (χ1) is 8.72. The van der Waals surface area contributed by atoms with Crippen molar-refractivity contribution >= 4 is 20.1 Å². The highest BCUT2D eigenvalue weighted by atomic mass is 28.3. The Hall–Kier alpha value is -0.843. The van der Waals surface area contributed by atoms with Gasteiger partial charge in [0.1, 0.15) is 6.04 Å². The summed E-state index contributed by atoms with van der Waals surface area (Å²) < 4.78 is 1.73. The number of rotatable bonds is 7. The molecule has 0 aliphatic carbocycles. The number of hydrogen-bond acceptors (Lipinski definition) is 2. The van der Waals surface area contributed by atoms with Crippen molar-refractivity contribution in [1.82, 2.24) is 4.57 Å². The molecule has 0 saturated carbocycles. The van der Waals surface area contributed by atoms with Gasteiger partial charge in [0.15, 0.2) is 8.24 Å². The smallest absolute Gasteiger partial charge is 0.326 e. The molecule has 1 rings (SSSR count). The number of β-lactam (4-membered cyclic amide) rings is 1. The molecular weight excluding hydrogens is 258 g/mol. The van der Waals surface area contributed by atoms with Crippen LogP contribution in [0, 0.1) is 11.8 Å². The van der Waals surface area contributed by atoms with E-state index in [0.29, 0.717) is 12.3 Å². The molecule has 5 heteroatoms. The molecule has 0 spiro atoms. The first-order valence-corrected chi connectivity index (χ1v) is 10.4. The number of amides is 1. The van der Waals surface area contributed by atoms with E-state index >= 15 is 0 Å². The highest BCUT2D eigenvalue weighted by molar-refractivity contribution is 6.77. The molecular formula is C14H27NO3Si. The molecule has 19 heavy (non-hydrogen) atoms. The zero-order valence-corrected chi connectivity index (χ0v) is 13.8. The van der Waals surface area contributed by atoms with Crippen molar-refractivity contribution < 1.29 is 14.7 Å². The van der Waals surface area contributed by atoms with Crippen molar-refractivity contribution in [3.05, 3.63) is 0 Å². The van der Waals surface area contributed by atoms with E-state index in [1.165, 1.54) is 0 Å². The van der Waals surface area contributed by atoms with Gasteiger partial charge in [0.25, 0.3) is 0 Å². The van der Waals surface area contributed by atoms with Crippen LogP contribution in [0.5, 0.6) is 0 Å². The van der Waals surface area contributed by atoms with Crippen LogP contribution < -0.4 is 0 Å². The molecule has 0 aromatic rings. The Bertz CT molecular complexity index is 355. The molecule has 1 fully saturated rings. The second kappa shape index (κ2) is 6.07. The molecule has 0 bridgehead atoms. The fourth-order valence-corrected chi connectivity index (χ4v) is 6.24. The molecule has 1 heterocycles. The topological polar surface area (TPSA) is 57.6 Å². The van der Waals surface area contributed by atoms with Gasteiger partial charge in [-0.1, -0.05) is 46.7 Å². The van der Waals surface area contributed by atoms with Crippen molar-refractivity contribution in [1.29, 1.82) is 0 Å². The largest absolute Gasteiger partial charge is 0.480 e.